The Labute approximate surface area is 79.5 Å². The zero-order valence-electron chi connectivity index (χ0n) is 7.56. The number of epoxide rings is 1. The van der Waals surface area contributed by atoms with E-state index in [9.17, 15) is 13.2 Å². The van der Waals surface area contributed by atoms with Crippen LogP contribution in [0.15, 0.2) is 24.3 Å². The van der Waals surface area contributed by atoms with Crippen molar-refractivity contribution in [3.05, 3.63) is 35.4 Å². The second-order valence-corrected chi connectivity index (χ2v) is 3.59. The first kappa shape index (κ1) is 9.52. The lowest BCUT2D eigenvalue weighted by Gasteiger charge is -2.09. The molecule has 0 aromatic heterocycles. The van der Waals surface area contributed by atoms with Crippen molar-refractivity contribution in [1.29, 1.82) is 0 Å². The molecule has 1 saturated heterocycles. The second-order valence-electron chi connectivity index (χ2n) is 3.59. The van der Waals surface area contributed by atoms with Crippen LogP contribution in [0, 0.1) is 0 Å². The van der Waals surface area contributed by atoms with Crippen molar-refractivity contribution >= 4 is 0 Å². The minimum absolute atomic E-state index is 0.357. The largest absolute Gasteiger partial charge is 0.416 e. The molecule has 1 atom stereocenters. The molecule has 1 fully saturated rings. The first-order chi connectivity index (χ1) is 6.42. The molecule has 0 radical (unpaired) electrons. The van der Waals surface area contributed by atoms with Crippen LogP contribution in [0.5, 0.6) is 0 Å². The topological polar surface area (TPSA) is 12.5 Å². The molecule has 0 amide bonds. The molecule has 0 bridgehead atoms. The van der Waals surface area contributed by atoms with E-state index in [1.807, 2.05) is 6.92 Å². The lowest BCUT2D eigenvalue weighted by Crippen LogP contribution is -2.07. The SMILES string of the molecule is CC1(c2ccc(C(F)(F)F)cc2)CO1. The Morgan fingerprint density at radius 3 is 2.07 bits per heavy atom. The maximum atomic E-state index is 12.2. The molecule has 0 aliphatic carbocycles. The predicted molar refractivity (Wildman–Crippen MR) is 44.7 cm³/mol. The smallest absolute Gasteiger partial charge is 0.365 e. The molecule has 0 N–H and O–H groups in total. The van der Waals surface area contributed by atoms with Crippen molar-refractivity contribution in [3.63, 3.8) is 0 Å². The van der Waals surface area contributed by atoms with Crippen molar-refractivity contribution in [2.75, 3.05) is 6.61 Å². The number of halogens is 3. The number of ether oxygens (including phenoxy) is 1. The summed E-state index contributed by atoms with van der Waals surface area (Å²) in [6.45, 7) is 2.44. The summed E-state index contributed by atoms with van der Waals surface area (Å²) >= 11 is 0. The fourth-order valence-corrected chi connectivity index (χ4v) is 1.29. The van der Waals surface area contributed by atoms with Crippen LogP contribution in [0.3, 0.4) is 0 Å². The number of rotatable bonds is 1. The molecule has 1 aliphatic rings. The summed E-state index contributed by atoms with van der Waals surface area (Å²) in [6.07, 6.45) is -4.26. The summed E-state index contributed by atoms with van der Waals surface area (Å²) in [5, 5.41) is 0. The summed E-state index contributed by atoms with van der Waals surface area (Å²) in [5.74, 6) is 0. The van der Waals surface area contributed by atoms with Gasteiger partial charge in [-0.3, -0.25) is 0 Å². The number of alkyl halides is 3. The quantitative estimate of drug-likeness (QED) is 0.638. The van der Waals surface area contributed by atoms with E-state index in [0.717, 1.165) is 17.7 Å². The molecule has 1 unspecified atom stereocenters. The summed E-state index contributed by atoms with van der Waals surface area (Å²) in [7, 11) is 0. The Balaban J connectivity index is 2.27. The molecule has 0 spiro atoms. The zero-order chi connectivity index (χ0) is 10.4. The molecule has 76 valence electrons. The normalized spacial score (nSPS) is 26.3. The zero-order valence-corrected chi connectivity index (χ0v) is 7.56. The van der Waals surface area contributed by atoms with Gasteiger partial charge in [-0.05, 0) is 24.6 Å². The van der Waals surface area contributed by atoms with Crippen molar-refractivity contribution in [2.24, 2.45) is 0 Å². The number of hydrogen-bond acceptors (Lipinski definition) is 1. The van der Waals surface area contributed by atoms with E-state index in [1.54, 1.807) is 0 Å². The highest BCUT2D eigenvalue weighted by Gasteiger charge is 2.41. The standard InChI is InChI=1S/C10H9F3O/c1-9(6-14-9)7-2-4-8(5-3-7)10(11,12)13/h2-5H,6H2,1H3. The first-order valence-corrected chi connectivity index (χ1v) is 4.23. The fourth-order valence-electron chi connectivity index (χ4n) is 1.29. The van der Waals surface area contributed by atoms with Gasteiger partial charge in [0.2, 0.25) is 0 Å². The van der Waals surface area contributed by atoms with Gasteiger partial charge in [0.1, 0.15) is 5.60 Å². The van der Waals surface area contributed by atoms with Crippen molar-refractivity contribution in [2.45, 2.75) is 18.7 Å². The van der Waals surface area contributed by atoms with E-state index in [2.05, 4.69) is 0 Å². The molecule has 4 heteroatoms. The van der Waals surface area contributed by atoms with Crippen molar-refractivity contribution < 1.29 is 17.9 Å². The van der Waals surface area contributed by atoms with Gasteiger partial charge in [0, 0.05) is 0 Å². The summed E-state index contributed by atoms with van der Waals surface area (Å²) in [6, 6.07) is 5.11. The lowest BCUT2D eigenvalue weighted by atomic mass is 10.0. The maximum absolute atomic E-state index is 12.2. The molecule has 2 rings (SSSR count). The van der Waals surface area contributed by atoms with Gasteiger partial charge < -0.3 is 4.74 Å². The lowest BCUT2D eigenvalue weighted by molar-refractivity contribution is -0.137. The average Bonchev–Trinajstić information content (AvgIpc) is 2.84. The second kappa shape index (κ2) is 2.73. The molecule has 0 saturated carbocycles. The van der Waals surface area contributed by atoms with Gasteiger partial charge in [-0.15, -0.1) is 0 Å². The van der Waals surface area contributed by atoms with Crippen LogP contribution in [0.1, 0.15) is 18.1 Å². The fraction of sp³-hybridized carbons (Fsp3) is 0.400. The third-order valence-corrected chi connectivity index (χ3v) is 2.40. The molecule has 1 aromatic carbocycles. The minimum atomic E-state index is -4.26. The monoisotopic (exact) mass is 202 g/mol. The van der Waals surface area contributed by atoms with Crippen LogP contribution >= 0.6 is 0 Å². The van der Waals surface area contributed by atoms with E-state index < -0.39 is 11.7 Å². The molecule has 1 heterocycles. The summed E-state index contributed by atoms with van der Waals surface area (Å²) in [4.78, 5) is 0. The summed E-state index contributed by atoms with van der Waals surface area (Å²) < 4.78 is 41.7. The van der Waals surface area contributed by atoms with E-state index in [1.165, 1.54) is 12.1 Å². The van der Waals surface area contributed by atoms with Gasteiger partial charge in [-0.2, -0.15) is 13.2 Å². The highest BCUT2D eigenvalue weighted by atomic mass is 19.4. The molecule has 1 aromatic rings. The minimum Gasteiger partial charge on any atom is -0.365 e. The Morgan fingerprint density at radius 2 is 1.71 bits per heavy atom. The van der Waals surface area contributed by atoms with Gasteiger partial charge in [-0.25, -0.2) is 0 Å². The van der Waals surface area contributed by atoms with Crippen LogP contribution in [0.25, 0.3) is 0 Å². The Bertz CT molecular complexity index is 311. The molecule has 1 nitrogen and oxygen atoms in total. The van der Waals surface area contributed by atoms with Crippen LogP contribution in [0.4, 0.5) is 13.2 Å². The van der Waals surface area contributed by atoms with Crippen LogP contribution in [0.2, 0.25) is 0 Å². The van der Waals surface area contributed by atoms with E-state index >= 15 is 0 Å². The number of hydrogen-bond donors (Lipinski definition) is 0. The van der Waals surface area contributed by atoms with Gasteiger partial charge in [0.15, 0.2) is 0 Å². The Kier molecular flexibility index (Phi) is 1.86. The Hall–Kier alpha value is -1.03. The van der Waals surface area contributed by atoms with Crippen molar-refractivity contribution in [1.82, 2.24) is 0 Å². The molecule has 1 aliphatic heterocycles. The highest BCUT2D eigenvalue weighted by Crippen LogP contribution is 2.39. The Morgan fingerprint density at radius 1 is 1.21 bits per heavy atom. The third kappa shape index (κ3) is 1.62. The highest BCUT2D eigenvalue weighted by molar-refractivity contribution is 5.30. The van der Waals surface area contributed by atoms with Crippen LogP contribution < -0.4 is 0 Å². The van der Waals surface area contributed by atoms with E-state index in [0.29, 0.717) is 6.61 Å². The van der Waals surface area contributed by atoms with Gasteiger partial charge >= 0.3 is 6.18 Å². The van der Waals surface area contributed by atoms with Gasteiger partial charge in [-0.1, -0.05) is 12.1 Å². The van der Waals surface area contributed by atoms with Crippen LogP contribution in [-0.4, -0.2) is 6.61 Å². The molecule has 14 heavy (non-hydrogen) atoms. The van der Waals surface area contributed by atoms with Crippen molar-refractivity contribution in [3.8, 4) is 0 Å². The van der Waals surface area contributed by atoms with E-state index in [4.69, 9.17) is 4.74 Å². The molecular weight excluding hydrogens is 193 g/mol. The average molecular weight is 202 g/mol. The van der Waals surface area contributed by atoms with Gasteiger partial charge in [0.25, 0.3) is 0 Å². The maximum Gasteiger partial charge on any atom is 0.416 e. The van der Waals surface area contributed by atoms with Crippen LogP contribution in [-0.2, 0) is 16.5 Å². The third-order valence-electron chi connectivity index (χ3n) is 2.40. The summed E-state index contributed by atoms with van der Waals surface area (Å²) in [5.41, 5.74) is -0.180. The molecular formula is C10H9F3O. The number of benzene rings is 1. The van der Waals surface area contributed by atoms with Gasteiger partial charge in [0.05, 0.1) is 12.2 Å². The first-order valence-electron chi connectivity index (χ1n) is 4.23. The predicted octanol–water partition coefficient (Wildman–Crippen LogP) is 2.95. The van der Waals surface area contributed by atoms with E-state index in [-0.39, 0.29) is 5.60 Å².